The molecule has 0 atom stereocenters. The number of hydrogen-bond acceptors (Lipinski definition) is 3. The molecule has 0 N–H and O–H groups in total. The van der Waals surface area contributed by atoms with Crippen LogP contribution in [0.15, 0.2) is 72.8 Å². The van der Waals surface area contributed by atoms with Gasteiger partial charge in [0, 0.05) is 47.1 Å². The van der Waals surface area contributed by atoms with E-state index in [4.69, 9.17) is 9.47 Å². The molecule has 3 rings (SSSR count). The van der Waals surface area contributed by atoms with Gasteiger partial charge in [-0.05, 0) is 42.4 Å². The highest BCUT2D eigenvalue weighted by atomic mass is 28.1. The van der Waals surface area contributed by atoms with E-state index < -0.39 is 0 Å². The van der Waals surface area contributed by atoms with Crippen LogP contribution in [0.2, 0.25) is 0 Å². The van der Waals surface area contributed by atoms with Crippen LogP contribution in [0.3, 0.4) is 0 Å². The molecule has 134 valence electrons. The highest BCUT2D eigenvalue weighted by molar-refractivity contribution is 6.36. The van der Waals surface area contributed by atoms with E-state index in [0.717, 1.165) is 27.2 Å². The van der Waals surface area contributed by atoms with Gasteiger partial charge in [-0.15, -0.1) is 0 Å². The standard InChI is InChI=1S/C22H25NO2Si/c1-16-9-12-19(13-10-16)23(18-7-5-4-6-8-18)20-14-11-17(15-21(20)26)22(24-2)25-3/h4-15,22H,1-3,26H3. The third kappa shape index (κ3) is 3.88. The normalized spacial score (nSPS) is 11.1. The van der Waals surface area contributed by atoms with Gasteiger partial charge in [0.05, 0.1) is 0 Å². The molecule has 26 heavy (non-hydrogen) atoms. The molecule has 0 saturated carbocycles. The quantitative estimate of drug-likeness (QED) is 0.492. The van der Waals surface area contributed by atoms with Gasteiger partial charge >= 0.3 is 0 Å². The molecule has 3 aromatic rings. The molecule has 0 unspecified atom stereocenters. The van der Waals surface area contributed by atoms with Crippen LogP contribution in [0.25, 0.3) is 0 Å². The molecule has 0 aliphatic rings. The Morgan fingerprint density at radius 2 is 1.42 bits per heavy atom. The van der Waals surface area contributed by atoms with Gasteiger partial charge in [0.15, 0.2) is 6.29 Å². The molecule has 0 heterocycles. The van der Waals surface area contributed by atoms with Gasteiger partial charge < -0.3 is 14.4 Å². The molecule has 0 spiro atoms. The topological polar surface area (TPSA) is 21.7 Å². The molecule has 0 aromatic heterocycles. The average Bonchev–Trinajstić information content (AvgIpc) is 2.67. The first-order valence-corrected chi connectivity index (χ1v) is 9.72. The second-order valence-corrected chi connectivity index (χ2v) is 7.43. The van der Waals surface area contributed by atoms with Crippen LogP contribution in [-0.2, 0) is 9.47 Å². The zero-order chi connectivity index (χ0) is 18.5. The maximum Gasteiger partial charge on any atom is 0.183 e. The maximum absolute atomic E-state index is 5.40. The molecule has 0 radical (unpaired) electrons. The Labute approximate surface area is 158 Å². The monoisotopic (exact) mass is 363 g/mol. The fourth-order valence-corrected chi connectivity index (χ4v) is 3.87. The number of hydrogen-bond donors (Lipinski definition) is 0. The van der Waals surface area contributed by atoms with Crippen LogP contribution in [0.4, 0.5) is 17.1 Å². The van der Waals surface area contributed by atoms with Crippen molar-refractivity contribution >= 4 is 32.5 Å². The van der Waals surface area contributed by atoms with Gasteiger partial charge in [-0.1, -0.05) is 48.0 Å². The fourth-order valence-electron chi connectivity index (χ4n) is 3.14. The lowest BCUT2D eigenvalue weighted by Crippen LogP contribution is -2.20. The number of para-hydroxylation sites is 1. The van der Waals surface area contributed by atoms with Gasteiger partial charge in [0.2, 0.25) is 0 Å². The first-order chi connectivity index (χ1) is 12.6. The molecule has 0 bridgehead atoms. The SMILES string of the molecule is COC(OC)c1ccc(N(c2ccccc2)c2ccc(C)cc2)c([SiH3])c1. The molecule has 3 aromatic carbocycles. The first kappa shape index (κ1) is 18.4. The molecular weight excluding hydrogens is 338 g/mol. The first-order valence-electron chi connectivity index (χ1n) is 8.72. The van der Waals surface area contributed by atoms with Crippen molar-refractivity contribution < 1.29 is 9.47 Å². The average molecular weight is 364 g/mol. The van der Waals surface area contributed by atoms with Crippen molar-refractivity contribution in [1.82, 2.24) is 0 Å². The summed E-state index contributed by atoms with van der Waals surface area (Å²) in [6, 6.07) is 25.5. The van der Waals surface area contributed by atoms with E-state index >= 15 is 0 Å². The Hall–Kier alpha value is -2.40. The zero-order valence-corrected chi connectivity index (χ0v) is 17.8. The number of anilines is 3. The molecule has 0 fully saturated rings. The van der Waals surface area contributed by atoms with Crippen molar-refractivity contribution in [3.8, 4) is 0 Å². The summed E-state index contributed by atoms with van der Waals surface area (Å²) in [6.45, 7) is 2.11. The van der Waals surface area contributed by atoms with Gasteiger partial charge in [-0.3, -0.25) is 0 Å². The predicted molar refractivity (Wildman–Crippen MR) is 112 cm³/mol. The Balaban J connectivity index is 2.09. The van der Waals surface area contributed by atoms with Crippen molar-refractivity contribution in [2.45, 2.75) is 13.2 Å². The van der Waals surface area contributed by atoms with Crippen LogP contribution in [0, 0.1) is 6.92 Å². The number of ether oxygens (including phenoxy) is 2. The second-order valence-electron chi connectivity index (χ2n) is 6.36. The van der Waals surface area contributed by atoms with Crippen LogP contribution in [0.1, 0.15) is 17.4 Å². The number of rotatable bonds is 6. The summed E-state index contributed by atoms with van der Waals surface area (Å²) < 4.78 is 10.8. The Kier molecular flexibility index (Phi) is 5.88. The molecule has 0 amide bonds. The summed E-state index contributed by atoms with van der Waals surface area (Å²) in [7, 11) is 4.25. The lowest BCUT2D eigenvalue weighted by atomic mass is 10.1. The molecule has 3 nitrogen and oxygen atoms in total. The lowest BCUT2D eigenvalue weighted by molar-refractivity contribution is -0.105. The minimum absolute atomic E-state index is 0.332. The lowest BCUT2D eigenvalue weighted by Gasteiger charge is -2.28. The van der Waals surface area contributed by atoms with Crippen LogP contribution < -0.4 is 10.1 Å². The van der Waals surface area contributed by atoms with Gasteiger partial charge in [-0.25, -0.2) is 0 Å². The Morgan fingerprint density at radius 1 is 0.808 bits per heavy atom. The minimum atomic E-state index is -0.332. The number of benzene rings is 3. The highest BCUT2D eigenvalue weighted by Gasteiger charge is 2.16. The summed E-state index contributed by atoms with van der Waals surface area (Å²) in [5.74, 6) is 0. The number of methoxy groups -OCH3 is 2. The largest absolute Gasteiger partial charge is 0.352 e. The van der Waals surface area contributed by atoms with Crippen LogP contribution in [-0.4, -0.2) is 24.5 Å². The third-order valence-electron chi connectivity index (χ3n) is 4.47. The predicted octanol–water partition coefficient (Wildman–Crippen LogP) is 3.75. The summed E-state index contributed by atoms with van der Waals surface area (Å²) in [5.41, 5.74) is 5.80. The molecule has 0 aliphatic heterocycles. The molecule has 0 saturated heterocycles. The number of aryl methyl sites for hydroxylation is 1. The smallest absolute Gasteiger partial charge is 0.183 e. The van der Waals surface area contributed by atoms with Crippen molar-refractivity contribution in [1.29, 1.82) is 0 Å². The molecule has 4 heteroatoms. The van der Waals surface area contributed by atoms with Crippen LogP contribution >= 0.6 is 0 Å². The number of nitrogens with zero attached hydrogens (tertiary/aromatic N) is 1. The van der Waals surface area contributed by atoms with E-state index in [1.165, 1.54) is 16.4 Å². The van der Waals surface area contributed by atoms with Crippen LogP contribution in [0.5, 0.6) is 0 Å². The highest BCUT2D eigenvalue weighted by Crippen LogP contribution is 2.33. The summed E-state index contributed by atoms with van der Waals surface area (Å²) in [6.07, 6.45) is -0.332. The molecular formula is C22H25NO2Si. The third-order valence-corrected chi connectivity index (χ3v) is 5.27. The van der Waals surface area contributed by atoms with Crippen molar-refractivity contribution in [2.75, 3.05) is 19.1 Å². The van der Waals surface area contributed by atoms with E-state index in [1.54, 1.807) is 14.2 Å². The van der Waals surface area contributed by atoms with E-state index in [0.29, 0.717) is 0 Å². The fraction of sp³-hybridized carbons (Fsp3) is 0.182. The zero-order valence-electron chi connectivity index (χ0n) is 15.8. The minimum Gasteiger partial charge on any atom is -0.352 e. The van der Waals surface area contributed by atoms with E-state index in [9.17, 15) is 0 Å². The van der Waals surface area contributed by atoms with Gasteiger partial charge in [0.25, 0.3) is 0 Å². The Morgan fingerprint density at radius 3 is 2.00 bits per heavy atom. The van der Waals surface area contributed by atoms with E-state index in [-0.39, 0.29) is 6.29 Å². The van der Waals surface area contributed by atoms with Gasteiger partial charge in [0.1, 0.15) is 0 Å². The summed E-state index contributed by atoms with van der Waals surface area (Å²) >= 11 is 0. The maximum atomic E-state index is 5.40. The van der Waals surface area contributed by atoms with Crippen molar-refractivity contribution in [3.05, 3.63) is 83.9 Å². The van der Waals surface area contributed by atoms with E-state index in [1.807, 2.05) is 6.07 Å². The van der Waals surface area contributed by atoms with Gasteiger partial charge in [-0.2, -0.15) is 0 Å². The Bertz CT molecular complexity index is 846. The second kappa shape index (κ2) is 8.32. The summed E-state index contributed by atoms with van der Waals surface area (Å²) in [4.78, 5) is 2.31. The van der Waals surface area contributed by atoms with Crippen molar-refractivity contribution in [2.24, 2.45) is 0 Å². The summed E-state index contributed by atoms with van der Waals surface area (Å²) in [5, 5.41) is 1.30. The molecule has 0 aliphatic carbocycles. The van der Waals surface area contributed by atoms with Crippen molar-refractivity contribution in [3.63, 3.8) is 0 Å². The van der Waals surface area contributed by atoms with E-state index in [2.05, 4.69) is 78.6 Å².